The van der Waals surface area contributed by atoms with Crippen molar-refractivity contribution >= 4 is 23.5 Å². The number of nitrogens with one attached hydrogen (secondary N) is 1. The number of hydrogen-bond acceptors (Lipinski definition) is 4. The monoisotopic (exact) mass is 424 g/mol. The summed E-state index contributed by atoms with van der Waals surface area (Å²) in [5.41, 5.74) is 23.4. The van der Waals surface area contributed by atoms with Crippen LogP contribution in [-0.4, -0.2) is 35.8 Å². The van der Waals surface area contributed by atoms with Gasteiger partial charge in [0.05, 0.1) is 11.7 Å². The van der Waals surface area contributed by atoms with E-state index in [-0.39, 0.29) is 31.1 Å². The lowest BCUT2D eigenvalue weighted by molar-refractivity contribution is -0.128. The number of carbonyl (C=O) groups is 2. The van der Waals surface area contributed by atoms with Crippen molar-refractivity contribution in [1.29, 1.82) is 0 Å². The van der Waals surface area contributed by atoms with Crippen LogP contribution < -0.4 is 28.3 Å². The average molecular weight is 424 g/mol. The second kappa shape index (κ2) is 10.3. The summed E-state index contributed by atoms with van der Waals surface area (Å²) in [7, 11) is 0. The van der Waals surface area contributed by atoms with Crippen LogP contribution in [0.5, 0.6) is 0 Å². The third-order valence-corrected chi connectivity index (χ3v) is 5.35. The van der Waals surface area contributed by atoms with Gasteiger partial charge in [-0.05, 0) is 55.7 Å². The Hall–Kier alpha value is -2.75. The van der Waals surface area contributed by atoms with Crippen molar-refractivity contribution < 1.29 is 18.4 Å². The summed E-state index contributed by atoms with van der Waals surface area (Å²) in [4.78, 5) is 28.1. The van der Waals surface area contributed by atoms with E-state index in [0.717, 1.165) is 5.56 Å². The summed E-state index contributed by atoms with van der Waals surface area (Å²) in [5, 5.41) is 2.59. The van der Waals surface area contributed by atoms with Gasteiger partial charge >= 0.3 is 0 Å². The smallest absolute Gasteiger partial charge is 0.248 e. The van der Waals surface area contributed by atoms with Gasteiger partial charge in [-0.2, -0.15) is 0 Å². The molecule has 1 saturated carbocycles. The largest absolute Gasteiger partial charge is 0.370 e. The molecule has 1 aliphatic carbocycles. The molecule has 0 aromatic heterocycles. The van der Waals surface area contributed by atoms with Crippen LogP contribution in [0.15, 0.2) is 29.3 Å². The minimum absolute atomic E-state index is 0.0572. The SMILES string of the molecule is NC(=O)[C@H](CCC1CCC(F)(F)CC1)NC(=O)[C@@H](N)Cc1ccc(N=C(N)N)cc1. The van der Waals surface area contributed by atoms with E-state index in [2.05, 4.69) is 10.3 Å². The lowest BCUT2D eigenvalue weighted by Gasteiger charge is -2.29. The van der Waals surface area contributed by atoms with Crippen molar-refractivity contribution in [2.75, 3.05) is 0 Å². The first-order chi connectivity index (χ1) is 14.1. The molecule has 0 aliphatic heterocycles. The summed E-state index contributed by atoms with van der Waals surface area (Å²) in [5.74, 6) is -3.72. The average Bonchev–Trinajstić information content (AvgIpc) is 2.66. The Balaban J connectivity index is 1.85. The molecule has 8 nitrogen and oxygen atoms in total. The van der Waals surface area contributed by atoms with E-state index in [4.69, 9.17) is 22.9 Å². The fourth-order valence-electron chi connectivity index (χ4n) is 3.56. The Labute approximate surface area is 174 Å². The molecule has 0 bridgehead atoms. The predicted molar refractivity (Wildman–Crippen MR) is 111 cm³/mol. The highest BCUT2D eigenvalue weighted by atomic mass is 19.3. The summed E-state index contributed by atoms with van der Waals surface area (Å²) < 4.78 is 26.5. The quantitative estimate of drug-likeness (QED) is 0.295. The number of alkyl halides is 2. The number of aliphatic imine (C=N–C) groups is 1. The van der Waals surface area contributed by atoms with Crippen LogP contribution in [0.4, 0.5) is 14.5 Å². The van der Waals surface area contributed by atoms with E-state index in [1.54, 1.807) is 24.3 Å². The van der Waals surface area contributed by atoms with Gasteiger partial charge in [0.25, 0.3) is 0 Å². The van der Waals surface area contributed by atoms with Gasteiger partial charge in [0.2, 0.25) is 17.7 Å². The Morgan fingerprint density at radius 2 is 1.73 bits per heavy atom. The van der Waals surface area contributed by atoms with E-state index >= 15 is 0 Å². The summed E-state index contributed by atoms with van der Waals surface area (Å²) in [6, 6.07) is 5.13. The Kier molecular flexibility index (Phi) is 8.10. The molecular weight excluding hydrogens is 394 g/mol. The van der Waals surface area contributed by atoms with Gasteiger partial charge in [0, 0.05) is 12.8 Å². The highest BCUT2D eigenvalue weighted by Gasteiger charge is 2.35. The first-order valence-corrected chi connectivity index (χ1v) is 9.97. The molecule has 1 aliphatic rings. The summed E-state index contributed by atoms with van der Waals surface area (Å²) >= 11 is 0. The molecule has 9 N–H and O–H groups in total. The van der Waals surface area contributed by atoms with Crippen molar-refractivity contribution in [3.8, 4) is 0 Å². The Morgan fingerprint density at radius 1 is 1.13 bits per heavy atom. The van der Waals surface area contributed by atoms with Crippen molar-refractivity contribution in [1.82, 2.24) is 5.32 Å². The maximum Gasteiger partial charge on any atom is 0.248 e. The lowest BCUT2D eigenvalue weighted by Crippen LogP contribution is -2.51. The van der Waals surface area contributed by atoms with Gasteiger partial charge in [-0.25, -0.2) is 13.8 Å². The highest BCUT2D eigenvalue weighted by Crippen LogP contribution is 2.37. The Morgan fingerprint density at radius 3 is 2.27 bits per heavy atom. The molecule has 0 saturated heterocycles. The third kappa shape index (κ3) is 7.58. The molecule has 0 unspecified atom stereocenters. The van der Waals surface area contributed by atoms with E-state index in [9.17, 15) is 18.4 Å². The fourth-order valence-corrected chi connectivity index (χ4v) is 3.56. The topological polar surface area (TPSA) is 163 Å². The maximum atomic E-state index is 13.3. The number of carbonyl (C=O) groups excluding carboxylic acids is 2. The van der Waals surface area contributed by atoms with E-state index < -0.39 is 29.8 Å². The second-order valence-corrected chi connectivity index (χ2v) is 7.85. The van der Waals surface area contributed by atoms with Crippen molar-refractivity contribution in [2.45, 2.75) is 63.0 Å². The van der Waals surface area contributed by atoms with Gasteiger partial charge in [-0.1, -0.05) is 12.1 Å². The summed E-state index contributed by atoms with van der Waals surface area (Å²) in [6.07, 6.45) is 1.62. The summed E-state index contributed by atoms with van der Waals surface area (Å²) in [6.45, 7) is 0. The number of rotatable bonds is 9. The number of halogens is 2. The molecule has 2 atom stereocenters. The molecule has 30 heavy (non-hydrogen) atoms. The molecule has 2 rings (SSSR count). The number of nitrogens with zero attached hydrogens (tertiary/aromatic N) is 1. The van der Waals surface area contributed by atoms with Gasteiger partial charge in [0.15, 0.2) is 5.96 Å². The number of guanidine groups is 1. The number of amides is 2. The number of primary amides is 1. The zero-order valence-corrected chi connectivity index (χ0v) is 16.8. The van der Waals surface area contributed by atoms with Crippen LogP contribution in [0.3, 0.4) is 0 Å². The van der Waals surface area contributed by atoms with E-state index in [1.165, 1.54) is 0 Å². The standard InChI is InChI=1S/C20H30F2N6O2/c21-20(22)9-7-12(8-10-20)3-6-16(17(24)29)28-18(30)15(23)11-13-1-4-14(5-2-13)27-19(25)26/h1-2,4-5,12,15-16H,3,6-11,23H2,(H2,24,29)(H,28,30)(H4,25,26,27)/t15-,16-/m0/s1. The van der Waals surface area contributed by atoms with Gasteiger partial charge in [-0.15, -0.1) is 0 Å². The van der Waals surface area contributed by atoms with Crippen LogP contribution in [0.25, 0.3) is 0 Å². The third-order valence-electron chi connectivity index (χ3n) is 5.35. The highest BCUT2D eigenvalue weighted by molar-refractivity contribution is 5.89. The first kappa shape index (κ1) is 23.5. The zero-order chi connectivity index (χ0) is 22.3. The van der Waals surface area contributed by atoms with Crippen LogP contribution in [0, 0.1) is 5.92 Å². The molecule has 0 radical (unpaired) electrons. The van der Waals surface area contributed by atoms with Crippen LogP contribution >= 0.6 is 0 Å². The molecule has 10 heteroatoms. The number of hydrogen-bond donors (Lipinski definition) is 5. The molecule has 1 fully saturated rings. The minimum Gasteiger partial charge on any atom is -0.370 e. The van der Waals surface area contributed by atoms with Crippen LogP contribution in [-0.2, 0) is 16.0 Å². The molecule has 0 spiro atoms. The first-order valence-electron chi connectivity index (χ1n) is 9.97. The van der Waals surface area contributed by atoms with Crippen molar-refractivity contribution in [2.24, 2.45) is 33.8 Å². The van der Waals surface area contributed by atoms with Crippen LogP contribution in [0.1, 0.15) is 44.1 Å². The predicted octanol–water partition coefficient (Wildman–Crippen LogP) is 1.04. The molecule has 1 aromatic carbocycles. The minimum atomic E-state index is -2.60. The van der Waals surface area contributed by atoms with Gasteiger partial charge in [0.1, 0.15) is 6.04 Å². The fraction of sp³-hybridized carbons (Fsp3) is 0.550. The molecule has 1 aromatic rings. The van der Waals surface area contributed by atoms with Gasteiger partial charge in [-0.3, -0.25) is 9.59 Å². The maximum absolute atomic E-state index is 13.3. The lowest BCUT2D eigenvalue weighted by atomic mass is 9.83. The normalized spacial score (nSPS) is 18.2. The number of nitrogens with two attached hydrogens (primary N) is 4. The number of benzene rings is 1. The molecule has 166 valence electrons. The zero-order valence-electron chi connectivity index (χ0n) is 16.8. The van der Waals surface area contributed by atoms with E-state index in [1.807, 2.05) is 0 Å². The van der Waals surface area contributed by atoms with Crippen LogP contribution in [0.2, 0.25) is 0 Å². The van der Waals surface area contributed by atoms with Crippen molar-refractivity contribution in [3.63, 3.8) is 0 Å². The van der Waals surface area contributed by atoms with Crippen molar-refractivity contribution in [3.05, 3.63) is 29.8 Å². The molecular formula is C20H30F2N6O2. The Bertz CT molecular complexity index is 755. The molecule has 0 heterocycles. The van der Waals surface area contributed by atoms with Gasteiger partial charge < -0.3 is 28.3 Å². The van der Waals surface area contributed by atoms with E-state index in [0.29, 0.717) is 31.4 Å². The molecule has 2 amide bonds. The second-order valence-electron chi connectivity index (χ2n) is 7.85.